The lowest BCUT2D eigenvalue weighted by Gasteiger charge is -2.26. The van der Waals surface area contributed by atoms with Crippen LogP contribution in [0.1, 0.15) is 119 Å². The SMILES string of the molecule is CCc1cc(=O)[nH]c2[nH]c(=O)n(C3CCC3)c(=O)c12.CCc1cc(=O)[nH]c2[nH]c(=O)n(C3CCC3)c(=O)c12.CCc1cc(OCc2ccccc2)nc2[nH]c(=O)n(C3CCC3)c(=O)c12. The van der Waals surface area contributed by atoms with Crippen molar-refractivity contribution >= 4 is 33.1 Å². The molecule has 0 saturated heterocycles. The third kappa shape index (κ3) is 8.38. The molecule has 0 spiro atoms. The average Bonchev–Trinajstić information content (AvgIpc) is 3.21. The highest BCUT2D eigenvalue weighted by atomic mass is 16.5. The van der Waals surface area contributed by atoms with Gasteiger partial charge in [0.1, 0.15) is 17.9 Å². The molecule has 18 heteroatoms. The number of pyridine rings is 3. The van der Waals surface area contributed by atoms with Gasteiger partial charge in [0.05, 0.1) is 16.2 Å². The van der Waals surface area contributed by atoms with Gasteiger partial charge < -0.3 is 14.7 Å². The number of ether oxygens (including phenoxy) is 1. The van der Waals surface area contributed by atoms with Crippen LogP contribution in [0.3, 0.4) is 0 Å². The lowest BCUT2D eigenvalue weighted by atomic mass is 9.93. The van der Waals surface area contributed by atoms with E-state index in [1.54, 1.807) is 6.07 Å². The zero-order valence-corrected chi connectivity index (χ0v) is 36.0. The van der Waals surface area contributed by atoms with E-state index >= 15 is 0 Å². The number of nitrogens with zero attached hydrogens (tertiary/aromatic N) is 4. The second-order valence-electron chi connectivity index (χ2n) is 16.6. The van der Waals surface area contributed by atoms with Gasteiger partial charge in [-0.2, -0.15) is 4.98 Å². The van der Waals surface area contributed by atoms with E-state index in [4.69, 9.17) is 4.74 Å². The van der Waals surface area contributed by atoms with Gasteiger partial charge in [0.25, 0.3) is 16.7 Å². The van der Waals surface area contributed by atoms with Gasteiger partial charge in [-0.3, -0.25) is 52.6 Å². The monoisotopic (exact) mass is 873 g/mol. The number of aromatic amines is 5. The van der Waals surface area contributed by atoms with E-state index < -0.39 is 11.4 Å². The summed E-state index contributed by atoms with van der Waals surface area (Å²) in [7, 11) is 0. The smallest absolute Gasteiger partial charge is 0.330 e. The fraction of sp³-hybridized carbons (Fsp3) is 0.413. The quantitative estimate of drug-likeness (QED) is 0.138. The minimum absolute atomic E-state index is 0.00251. The summed E-state index contributed by atoms with van der Waals surface area (Å²) in [4.78, 5) is 115. The summed E-state index contributed by atoms with van der Waals surface area (Å²) in [6.07, 6.45) is 10.1. The summed E-state index contributed by atoms with van der Waals surface area (Å²) in [6.45, 7) is 6.12. The van der Waals surface area contributed by atoms with Crippen LogP contribution in [-0.2, 0) is 25.9 Å². The maximum absolute atomic E-state index is 12.9. The number of hydrogen-bond acceptors (Lipinski definition) is 10. The fourth-order valence-corrected chi connectivity index (χ4v) is 8.51. The van der Waals surface area contributed by atoms with Crippen molar-refractivity contribution in [1.82, 2.24) is 43.6 Å². The summed E-state index contributed by atoms with van der Waals surface area (Å²) in [5, 5.41) is 1.34. The van der Waals surface area contributed by atoms with Crippen LogP contribution in [0.4, 0.5) is 0 Å². The first-order valence-electron chi connectivity index (χ1n) is 22.1. The predicted octanol–water partition coefficient (Wildman–Crippen LogP) is 4.28. The van der Waals surface area contributed by atoms with Crippen molar-refractivity contribution < 1.29 is 4.74 Å². The minimum atomic E-state index is -0.439. The Labute approximate surface area is 363 Å². The summed E-state index contributed by atoms with van der Waals surface area (Å²) in [6, 6.07) is 14.4. The minimum Gasteiger partial charge on any atom is -0.473 e. The zero-order chi connectivity index (χ0) is 45.2. The molecule has 5 N–H and O–H groups in total. The Morgan fingerprint density at radius 2 is 0.938 bits per heavy atom. The summed E-state index contributed by atoms with van der Waals surface area (Å²) < 4.78 is 9.74. The van der Waals surface area contributed by atoms with E-state index in [0.29, 0.717) is 64.7 Å². The molecule has 0 unspecified atom stereocenters. The first kappa shape index (κ1) is 43.5. The first-order valence-corrected chi connectivity index (χ1v) is 22.1. The van der Waals surface area contributed by atoms with Gasteiger partial charge in [-0.15, -0.1) is 0 Å². The molecule has 0 bridgehead atoms. The largest absolute Gasteiger partial charge is 0.473 e. The van der Waals surface area contributed by atoms with Gasteiger partial charge in [0, 0.05) is 36.3 Å². The van der Waals surface area contributed by atoms with Crippen molar-refractivity contribution in [2.75, 3.05) is 0 Å². The molecule has 6 heterocycles. The Hall–Kier alpha value is -7.11. The normalized spacial score (nSPS) is 15.1. The molecule has 0 aliphatic heterocycles. The predicted molar refractivity (Wildman–Crippen MR) is 243 cm³/mol. The van der Waals surface area contributed by atoms with Gasteiger partial charge >= 0.3 is 17.1 Å². The summed E-state index contributed by atoms with van der Waals surface area (Å²) in [5.74, 6) is 0.412. The number of H-pyrrole nitrogens is 5. The molecular formula is C46H51N9O9. The van der Waals surface area contributed by atoms with Crippen molar-refractivity contribution in [2.45, 2.75) is 123 Å². The maximum Gasteiger partial charge on any atom is 0.330 e. The highest BCUT2D eigenvalue weighted by molar-refractivity contribution is 5.79. The molecule has 1 aromatic carbocycles. The molecule has 6 aromatic heterocycles. The van der Waals surface area contributed by atoms with Gasteiger partial charge in [-0.1, -0.05) is 51.1 Å². The number of benzene rings is 1. The first-order chi connectivity index (χ1) is 30.9. The van der Waals surface area contributed by atoms with Crippen LogP contribution < -0.4 is 49.6 Å². The third-order valence-electron chi connectivity index (χ3n) is 12.7. The second-order valence-corrected chi connectivity index (χ2v) is 16.6. The van der Waals surface area contributed by atoms with Gasteiger partial charge in [-0.05, 0) is 99.3 Å². The molecule has 3 fully saturated rings. The van der Waals surface area contributed by atoms with E-state index in [9.17, 15) is 38.4 Å². The molecule has 0 amide bonds. The topological polar surface area (TPSA) is 252 Å². The number of aromatic nitrogens is 9. The molecule has 3 saturated carbocycles. The number of hydrogen-bond donors (Lipinski definition) is 5. The Morgan fingerprint density at radius 3 is 1.34 bits per heavy atom. The molecule has 3 aliphatic carbocycles. The summed E-state index contributed by atoms with van der Waals surface area (Å²) >= 11 is 0. The Balaban J connectivity index is 0.000000134. The average molecular weight is 874 g/mol. The molecule has 64 heavy (non-hydrogen) atoms. The maximum atomic E-state index is 12.9. The van der Waals surface area contributed by atoms with Crippen molar-refractivity contribution in [3.63, 3.8) is 0 Å². The van der Waals surface area contributed by atoms with E-state index in [-0.39, 0.29) is 62.9 Å². The second kappa shape index (κ2) is 18.3. The van der Waals surface area contributed by atoms with E-state index in [2.05, 4.69) is 29.9 Å². The van der Waals surface area contributed by atoms with E-state index in [1.165, 1.54) is 25.8 Å². The number of fused-ring (bicyclic) bond motifs is 3. The summed E-state index contributed by atoms with van der Waals surface area (Å²) in [5.41, 5.74) is 1.28. The number of rotatable bonds is 9. The number of nitrogens with one attached hydrogen (secondary N) is 5. The van der Waals surface area contributed by atoms with Gasteiger partial charge in [-0.25, -0.2) is 14.4 Å². The Kier molecular flexibility index (Phi) is 12.5. The van der Waals surface area contributed by atoms with Crippen LogP contribution in [-0.4, -0.2) is 43.6 Å². The lowest BCUT2D eigenvalue weighted by Crippen LogP contribution is -2.41. The van der Waals surface area contributed by atoms with E-state index in [1.807, 2.05) is 51.1 Å². The van der Waals surface area contributed by atoms with Crippen molar-refractivity contribution in [2.24, 2.45) is 0 Å². The van der Waals surface area contributed by atoms with Gasteiger partial charge in [0.2, 0.25) is 17.0 Å². The van der Waals surface area contributed by atoms with Crippen LogP contribution in [0.25, 0.3) is 33.1 Å². The Morgan fingerprint density at radius 1 is 0.531 bits per heavy atom. The highest BCUT2D eigenvalue weighted by Crippen LogP contribution is 2.31. The molecule has 334 valence electrons. The highest BCUT2D eigenvalue weighted by Gasteiger charge is 2.27. The lowest BCUT2D eigenvalue weighted by molar-refractivity contribution is 0.293. The third-order valence-corrected chi connectivity index (χ3v) is 12.7. The van der Waals surface area contributed by atoms with Crippen molar-refractivity contribution in [3.8, 4) is 5.88 Å². The fourth-order valence-electron chi connectivity index (χ4n) is 8.51. The molecule has 10 rings (SSSR count). The number of aryl methyl sites for hydroxylation is 3. The van der Waals surface area contributed by atoms with Crippen LogP contribution >= 0.6 is 0 Å². The van der Waals surface area contributed by atoms with Crippen molar-refractivity contribution in [1.29, 1.82) is 0 Å². The van der Waals surface area contributed by atoms with Crippen molar-refractivity contribution in [3.05, 3.63) is 154 Å². The molecular weight excluding hydrogens is 823 g/mol. The molecule has 3 aliphatic rings. The molecule has 18 nitrogen and oxygen atoms in total. The van der Waals surface area contributed by atoms with Gasteiger partial charge in [0.15, 0.2) is 5.65 Å². The van der Waals surface area contributed by atoms with Crippen LogP contribution in [0.15, 0.2) is 86.9 Å². The molecule has 7 aromatic rings. The van der Waals surface area contributed by atoms with E-state index in [0.717, 1.165) is 68.9 Å². The molecule has 0 radical (unpaired) electrons. The molecule has 0 atom stereocenters. The zero-order valence-electron chi connectivity index (χ0n) is 36.0. The Bertz CT molecular complexity index is 3240. The standard InChI is InChI=1S/C20H21N3O3.2C13H15N3O3/c1-2-14-11-16(26-12-13-7-4-3-5-8-13)21-18-17(14)19(24)23(20(25)22-18)15-9-6-10-15;2*1-2-7-6-9(17)14-11-10(7)12(18)16(13(19)15-11)8-4-3-5-8/h3-5,7-8,11,15H,2,6,9-10,12H2,1H3,(H,21,22,25);2*6,8H,2-5H2,1H3,(H2,14,15,17,19). The van der Waals surface area contributed by atoms with Crippen LogP contribution in [0.5, 0.6) is 5.88 Å². The van der Waals surface area contributed by atoms with Crippen LogP contribution in [0, 0.1) is 0 Å². The van der Waals surface area contributed by atoms with Crippen LogP contribution in [0.2, 0.25) is 0 Å².